The molecule has 0 atom stereocenters. The lowest BCUT2D eigenvalue weighted by Crippen LogP contribution is -2.02. The normalized spacial score (nSPS) is 11.1. The van der Waals surface area contributed by atoms with Gasteiger partial charge in [0.25, 0.3) is 0 Å². The second-order valence-corrected chi connectivity index (χ2v) is 3.44. The van der Waals surface area contributed by atoms with Crippen LogP contribution in [0.25, 0.3) is 0 Å². The summed E-state index contributed by atoms with van der Waals surface area (Å²) in [5, 5.41) is 0. The number of nitrogens with two attached hydrogens (primary N) is 1. The average molecular weight is 205 g/mol. The van der Waals surface area contributed by atoms with Crippen molar-refractivity contribution in [1.82, 2.24) is 0 Å². The molecule has 0 aliphatic carbocycles. The fourth-order valence-electron chi connectivity index (χ4n) is 1.31. The molecule has 1 aromatic carbocycles. The zero-order valence-electron chi connectivity index (χ0n) is 9.28. The molecule has 0 radical (unpaired) electrons. The second kappa shape index (κ2) is 7.21. The highest BCUT2D eigenvalue weighted by molar-refractivity contribution is 5.22. The smallest absolute Gasteiger partial charge is 0.0721 e. The van der Waals surface area contributed by atoms with Crippen molar-refractivity contribution in [3.63, 3.8) is 0 Å². The minimum atomic E-state index is 0.674. The summed E-state index contributed by atoms with van der Waals surface area (Å²) >= 11 is 0. The molecule has 0 aliphatic heterocycles. The Kier molecular flexibility index (Phi) is 5.74. The van der Waals surface area contributed by atoms with Gasteiger partial charge in [0.15, 0.2) is 0 Å². The van der Waals surface area contributed by atoms with E-state index in [0.29, 0.717) is 19.8 Å². The molecule has 2 nitrogen and oxygen atoms in total. The van der Waals surface area contributed by atoms with Gasteiger partial charge in [-0.05, 0) is 31.0 Å². The molecule has 0 heterocycles. The first kappa shape index (κ1) is 12.0. The third kappa shape index (κ3) is 4.77. The SMILES string of the molecule is C/C=C/COCc1ccc(CCN)cc1. The molecule has 82 valence electrons. The van der Waals surface area contributed by atoms with Crippen molar-refractivity contribution in [3.8, 4) is 0 Å². The van der Waals surface area contributed by atoms with Gasteiger partial charge in [-0.2, -0.15) is 0 Å². The third-order valence-corrected chi connectivity index (χ3v) is 2.17. The Hall–Kier alpha value is -1.12. The third-order valence-electron chi connectivity index (χ3n) is 2.17. The van der Waals surface area contributed by atoms with Crippen LogP contribution in [-0.2, 0) is 17.8 Å². The molecule has 0 unspecified atom stereocenters. The van der Waals surface area contributed by atoms with Crippen LogP contribution in [0, 0.1) is 0 Å². The van der Waals surface area contributed by atoms with Crippen LogP contribution in [0.3, 0.4) is 0 Å². The summed E-state index contributed by atoms with van der Waals surface area (Å²) < 4.78 is 5.45. The van der Waals surface area contributed by atoms with E-state index in [1.807, 2.05) is 19.1 Å². The predicted molar refractivity (Wildman–Crippen MR) is 63.7 cm³/mol. The van der Waals surface area contributed by atoms with Crippen LogP contribution in [0.15, 0.2) is 36.4 Å². The summed E-state index contributed by atoms with van der Waals surface area (Å²) in [5.41, 5.74) is 7.98. The molecule has 15 heavy (non-hydrogen) atoms. The Labute approximate surface area is 91.7 Å². The van der Waals surface area contributed by atoms with Gasteiger partial charge >= 0.3 is 0 Å². The second-order valence-electron chi connectivity index (χ2n) is 3.44. The predicted octanol–water partition coefficient (Wildman–Crippen LogP) is 2.28. The maximum absolute atomic E-state index is 5.48. The molecule has 0 aromatic heterocycles. The minimum Gasteiger partial charge on any atom is -0.373 e. The van der Waals surface area contributed by atoms with Crippen LogP contribution in [-0.4, -0.2) is 13.2 Å². The molecule has 1 aromatic rings. The maximum Gasteiger partial charge on any atom is 0.0721 e. The summed E-state index contributed by atoms with van der Waals surface area (Å²) in [5.74, 6) is 0. The standard InChI is InChI=1S/C13H19NO/c1-2-3-10-15-11-13-6-4-12(5-7-13)8-9-14/h2-7H,8-11,14H2,1H3/b3-2+. The first-order valence-corrected chi connectivity index (χ1v) is 5.33. The largest absolute Gasteiger partial charge is 0.373 e. The van der Waals surface area contributed by atoms with Gasteiger partial charge in [0, 0.05) is 0 Å². The highest BCUT2D eigenvalue weighted by Gasteiger charge is 1.93. The number of ether oxygens (including phenoxy) is 1. The highest BCUT2D eigenvalue weighted by atomic mass is 16.5. The molecule has 1 rings (SSSR count). The molecular formula is C13H19NO. The number of benzene rings is 1. The van der Waals surface area contributed by atoms with Crippen LogP contribution in [0.4, 0.5) is 0 Å². The van der Waals surface area contributed by atoms with Crippen LogP contribution < -0.4 is 5.73 Å². The van der Waals surface area contributed by atoms with Crippen LogP contribution in [0.2, 0.25) is 0 Å². The molecule has 0 fully saturated rings. The molecule has 0 saturated heterocycles. The Balaban J connectivity index is 2.35. The van der Waals surface area contributed by atoms with E-state index in [-0.39, 0.29) is 0 Å². The van der Waals surface area contributed by atoms with Gasteiger partial charge in [-0.25, -0.2) is 0 Å². The van der Waals surface area contributed by atoms with Crippen LogP contribution in [0.5, 0.6) is 0 Å². The number of rotatable bonds is 6. The van der Waals surface area contributed by atoms with Crippen LogP contribution in [0.1, 0.15) is 18.1 Å². The van der Waals surface area contributed by atoms with E-state index < -0.39 is 0 Å². The highest BCUT2D eigenvalue weighted by Crippen LogP contribution is 2.06. The van der Waals surface area contributed by atoms with E-state index in [1.54, 1.807) is 0 Å². The monoisotopic (exact) mass is 205 g/mol. The fraction of sp³-hybridized carbons (Fsp3) is 0.385. The fourth-order valence-corrected chi connectivity index (χ4v) is 1.31. The summed E-state index contributed by atoms with van der Waals surface area (Å²) in [6.07, 6.45) is 4.94. The zero-order chi connectivity index (χ0) is 10.9. The molecular weight excluding hydrogens is 186 g/mol. The van der Waals surface area contributed by atoms with E-state index in [4.69, 9.17) is 10.5 Å². The topological polar surface area (TPSA) is 35.2 Å². The van der Waals surface area contributed by atoms with E-state index in [9.17, 15) is 0 Å². The van der Waals surface area contributed by atoms with Crippen molar-refractivity contribution >= 4 is 0 Å². The van der Waals surface area contributed by atoms with E-state index in [0.717, 1.165) is 6.42 Å². The lowest BCUT2D eigenvalue weighted by Gasteiger charge is -2.03. The summed E-state index contributed by atoms with van der Waals surface area (Å²) in [6.45, 7) is 4.05. The van der Waals surface area contributed by atoms with E-state index in [2.05, 4.69) is 24.3 Å². The molecule has 0 bridgehead atoms. The van der Waals surface area contributed by atoms with Gasteiger partial charge in [-0.1, -0.05) is 36.4 Å². The molecule has 2 heteroatoms. The summed E-state index contributed by atoms with van der Waals surface area (Å²) in [7, 11) is 0. The maximum atomic E-state index is 5.48. The Morgan fingerprint density at radius 1 is 1.20 bits per heavy atom. The van der Waals surface area contributed by atoms with Gasteiger partial charge in [0.2, 0.25) is 0 Å². The molecule has 0 saturated carbocycles. The molecule has 0 aliphatic rings. The first-order valence-electron chi connectivity index (χ1n) is 5.33. The molecule has 2 N–H and O–H groups in total. The van der Waals surface area contributed by atoms with Gasteiger partial charge in [-0.15, -0.1) is 0 Å². The summed E-state index contributed by atoms with van der Waals surface area (Å²) in [6, 6.07) is 8.42. The Morgan fingerprint density at radius 3 is 2.47 bits per heavy atom. The quantitative estimate of drug-likeness (QED) is 0.571. The molecule has 0 amide bonds. The first-order chi connectivity index (χ1) is 7.36. The average Bonchev–Trinajstić information content (AvgIpc) is 2.27. The number of hydrogen-bond acceptors (Lipinski definition) is 2. The lowest BCUT2D eigenvalue weighted by molar-refractivity contribution is 0.148. The molecule has 0 spiro atoms. The van der Waals surface area contributed by atoms with Crippen molar-refractivity contribution < 1.29 is 4.74 Å². The summed E-state index contributed by atoms with van der Waals surface area (Å²) in [4.78, 5) is 0. The van der Waals surface area contributed by atoms with Crippen molar-refractivity contribution in [3.05, 3.63) is 47.5 Å². The number of hydrogen-bond donors (Lipinski definition) is 1. The van der Waals surface area contributed by atoms with Crippen molar-refractivity contribution in [2.75, 3.05) is 13.2 Å². The van der Waals surface area contributed by atoms with Gasteiger partial charge < -0.3 is 10.5 Å². The zero-order valence-corrected chi connectivity index (χ0v) is 9.28. The van der Waals surface area contributed by atoms with Gasteiger partial charge in [0.1, 0.15) is 0 Å². The van der Waals surface area contributed by atoms with E-state index >= 15 is 0 Å². The van der Waals surface area contributed by atoms with E-state index in [1.165, 1.54) is 11.1 Å². The minimum absolute atomic E-state index is 0.674. The van der Waals surface area contributed by atoms with Gasteiger partial charge in [0.05, 0.1) is 13.2 Å². The van der Waals surface area contributed by atoms with Crippen LogP contribution >= 0.6 is 0 Å². The van der Waals surface area contributed by atoms with Gasteiger partial charge in [-0.3, -0.25) is 0 Å². The number of allylic oxidation sites excluding steroid dienone is 1. The lowest BCUT2D eigenvalue weighted by atomic mass is 10.1. The Morgan fingerprint density at radius 2 is 1.87 bits per heavy atom. The van der Waals surface area contributed by atoms with Crippen molar-refractivity contribution in [2.24, 2.45) is 5.73 Å². The van der Waals surface area contributed by atoms with Crippen molar-refractivity contribution in [1.29, 1.82) is 0 Å². The van der Waals surface area contributed by atoms with Crippen molar-refractivity contribution in [2.45, 2.75) is 20.0 Å². The Bertz CT molecular complexity index is 290.